The maximum Gasteiger partial charge on any atom is 0.0791 e. The Hall–Kier alpha value is -0.160. The Kier molecular flexibility index (Phi) is 7.15. The van der Waals surface area contributed by atoms with Gasteiger partial charge in [-0.1, -0.05) is 13.8 Å². The van der Waals surface area contributed by atoms with Crippen molar-refractivity contribution in [3.63, 3.8) is 0 Å². The van der Waals surface area contributed by atoms with Crippen LogP contribution in [0.3, 0.4) is 0 Å². The Morgan fingerprint density at radius 1 is 1.33 bits per heavy atom. The summed E-state index contributed by atoms with van der Waals surface area (Å²) in [4.78, 5) is 2.35. The predicted molar refractivity (Wildman–Crippen MR) is 74.8 cm³/mol. The first-order chi connectivity index (χ1) is 8.53. The first-order valence-electron chi connectivity index (χ1n) is 7.13. The van der Waals surface area contributed by atoms with Crippen molar-refractivity contribution in [3.05, 3.63) is 0 Å². The summed E-state index contributed by atoms with van der Waals surface area (Å²) in [5.74, 6) is 0. The monoisotopic (exact) mass is 258 g/mol. The standard InChI is InChI=1S/C14H30N2O2/c1-14(2,6-9-18-3)12-15-10-13(17)11-16-7-4-5-8-16/h13,15,17H,4-12H2,1-3H3. The van der Waals surface area contributed by atoms with Gasteiger partial charge in [0, 0.05) is 33.4 Å². The summed E-state index contributed by atoms with van der Waals surface area (Å²) in [5, 5.41) is 13.3. The summed E-state index contributed by atoms with van der Waals surface area (Å²) < 4.78 is 5.11. The molecule has 1 saturated heterocycles. The molecule has 108 valence electrons. The summed E-state index contributed by atoms with van der Waals surface area (Å²) in [6.45, 7) is 9.97. The Bertz CT molecular complexity index is 216. The Morgan fingerprint density at radius 2 is 2.00 bits per heavy atom. The van der Waals surface area contributed by atoms with Gasteiger partial charge in [-0.15, -0.1) is 0 Å². The van der Waals surface area contributed by atoms with Crippen LogP contribution in [0.15, 0.2) is 0 Å². The minimum Gasteiger partial charge on any atom is -0.390 e. The summed E-state index contributed by atoms with van der Waals surface area (Å²) in [6.07, 6.45) is 3.36. The van der Waals surface area contributed by atoms with Crippen LogP contribution in [0.25, 0.3) is 0 Å². The number of β-amino-alcohol motifs (C(OH)–C–C–N with tert-alkyl or cyclic N) is 1. The first kappa shape index (κ1) is 15.9. The van der Waals surface area contributed by atoms with E-state index in [0.717, 1.165) is 39.2 Å². The molecule has 0 radical (unpaired) electrons. The molecule has 1 fully saturated rings. The van der Waals surface area contributed by atoms with Gasteiger partial charge in [0.2, 0.25) is 0 Å². The fraction of sp³-hybridized carbons (Fsp3) is 1.00. The minimum atomic E-state index is -0.249. The second-order valence-corrected chi connectivity index (χ2v) is 6.20. The molecule has 1 unspecified atom stereocenters. The maximum absolute atomic E-state index is 9.95. The van der Waals surface area contributed by atoms with Crippen molar-refractivity contribution < 1.29 is 9.84 Å². The Labute approximate surface area is 112 Å². The topological polar surface area (TPSA) is 44.7 Å². The van der Waals surface area contributed by atoms with Gasteiger partial charge in [-0.3, -0.25) is 0 Å². The normalized spacial score (nSPS) is 19.3. The molecule has 0 saturated carbocycles. The largest absolute Gasteiger partial charge is 0.390 e. The number of ether oxygens (including phenoxy) is 1. The fourth-order valence-electron chi connectivity index (χ4n) is 2.37. The first-order valence-corrected chi connectivity index (χ1v) is 7.13. The molecule has 0 aliphatic carbocycles. The Balaban J connectivity index is 2.08. The van der Waals surface area contributed by atoms with Crippen molar-refractivity contribution in [1.82, 2.24) is 10.2 Å². The lowest BCUT2D eigenvalue weighted by molar-refractivity contribution is 0.115. The quantitative estimate of drug-likeness (QED) is 0.650. The lowest BCUT2D eigenvalue weighted by Crippen LogP contribution is -2.40. The number of nitrogens with one attached hydrogen (secondary N) is 1. The van der Waals surface area contributed by atoms with Gasteiger partial charge >= 0.3 is 0 Å². The van der Waals surface area contributed by atoms with Crippen LogP contribution < -0.4 is 5.32 Å². The fourth-order valence-corrected chi connectivity index (χ4v) is 2.37. The van der Waals surface area contributed by atoms with Gasteiger partial charge in [-0.2, -0.15) is 0 Å². The molecule has 2 N–H and O–H groups in total. The van der Waals surface area contributed by atoms with E-state index in [2.05, 4.69) is 24.1 Å². The number of rotatable bonds is 9. The van der Waals surface area contributed by atoms with Crippen molar-refractivity contribution in [1.29, 1.82) is 0 Å². The van der Waals surface area contributed by atoms with Gasteiger partial charge in [0.15, 0.2) is 0 Å². The highest BCUT2D eigenvalue weighted by Gasteiger charge is 2.19. The number of aliphatic hydroxyl groups excluding tert-OH is 1. The molecule has 0 spiro atoms. The van der Waals surface area contributed by atoms with Crippen molar-refractivity contribution >= 4 is 0 Å². The molecule has 4 heteroatoms. The minimum absolute atomic E-state index is 0.226. The van der Waals surface area contributed by atoms with Gasteiger partial charge in [-0.05, 0) is 37.8 Å². The summed E-state index contributed by atoms with van der Waals surface area (Å²) >= 11 is 0. The molecular weight excluding hydrogens is 228 g/mol. The van der Waals surface area contributed by atoms with E-state index in [9.17, 15) is 5.11 Å². The van der Waals surface area contributed by atoms with Crippen LogP contribution in [-0.4, -0.2) is 62.6 Å². The summed E-state index contributed by atoms with van der Waals surface area (Å²) in [5.41, 5.74) is 0.226. The number of likely N-dealkylation sites (tertiary alicyclic amines) is 1. The van der Waals surface area contributed by atoms with E-state index in [1.165, 1.54) is 12.8 Å². The molecule has 0 aromatic carbocycles. The lowest BCUT2D eigenvalue weighted by Gasteiger charge is -2.26. The van der Waals surface area contributed by atoms with E-state index in [-0.39, 0.29) is 11.5 Å². The third-order valence-electron chi connectivity index (χ3n) is 3.63. The average molecular weight is 258 g/mol. The van der Waals surface area contributed by atoms with E-state index < -0.39 is 0 Å². The molecule has 1 aliphatic rings. The highest BCUT2D eigenvalue weighted by molar-refractivity contribution is 4.75. The van der Waals surface area contributed by atoms with E-state index in [4.69, 9.17) is 4.74 Å². The molecule has 1 rings (SSSR count). The lowest BCUT2D eigenvalue weighted by atomic mass is 9.90. The van der Waals surface area contributed by atoms with E-state index in [1.54, 1.807) is 7.11 Å². The van der Waals surface area contributed by atoms with E-state index in [0.29, 0.717) is 6.54 Å². The molecule has 0 bridgehead atoms. The van der Waals surface area contributed by atoms with Gasteiger partial charge < -0.3 is 20.1 Å². The predicted octanol–water partition coefficient (Wildman–Crippen LogP) is 1.10. The third-order valence-corrected chi connectivity index (χ3v) is 3.63. The number of methoxy groups -OCH3 is 1. The molecular formula is C14H30N2O2. The Morgan fingerprint density at radius 3 is 2.61 bits per heavy atom. The van der Waals surface area contributed by atoms with Gasteiger partial charge in [0.25, 0.3) is 0 Å². The number of nitrogens with zero attached hydrogens (tertiary/aromatic N) is 1. The zero-order chi connectivity index (χ0) is 13.4. The molecule has 18 heavy (non-hydrogen) atoms. The van der Waals surface area contributed by atoms with Crippen molar-refractivity contribution in [3.8, 4) is 0 Å². The summed E-state index contributed by atoms with van der Waals surface area (Å²) in [7, 11) is 1.74. The summed E-state index contributed by atoms with van der Waals surface area (Å²) in [6, 6.07) is 0. The molecule has 0 amide bonds. The van der Waals surface area contributed by atoms with Crippen LogP contribution in [0.1, 0.15) is 33.1 Å². The zero-order valence-corrected chi connectivity index (χ0v) is 12.2. The molecule has 1 aliphatic heterocycles. The van der Waals surface area contributed by atoms with Crippen LogP contribution in [0.4, 0.5) is 0 Å². The molecule has 0 aromatic rings. The molecule has 1 heterocycles. The van der Waals surface area contributed by atoms with Gasteiger partial charge in [0.1, 0.15) is 0 Å². The SMILES string of the molecule is COCCC(C)(C)CNCC(O)CN1CCCC1. The second-order valence-electron chi connectivity index (χ2n) is 6.20. The number of hydrogen-bond donors (Lipinski definition) is 2. The van der Waals surface area contributed by atoms with Crippen molar-refractivity contribution in [2.75, 3.05) is 46.4 Å². The third kappa shape index (κ3) is 6.69. The second kappa shape index (κ2) is 8.10. The number of hydrogen-bond acceptors (Lipinski definition) is 4. The van der Waals surface area contributed by atoms with Crippen LogP contribution in [-0.2, 0) is 4.74 Å². The molecule has 1 atom stereocenters. The van der Waals surface area contributed by atoms with Crippen LogP contribution in [0, 0.1) is 5.41 Å². The average Bonchev–Trinajstić information content (AvgIpc) is 2.79. The van der Waals surface area contributed by atoms with Crippen molar-refractivity contribution in [2.45, 2.75) is 39.2 Å². The molecule has 0 aromatic heterocycles. The van der Waals surface area contributed by atoms with E-state index >= 15 is 0 Å². The van der Waals surface area contributed by atoms with E-state index in [1.807, 2.05) is 0 Å². The number of aliphatic hydroxyl groups is 1. The smallest absolute Gasteiger partial charge is 0.0791 e. The van der Waals surface area contributed by atoms with Crippen LogP contribution in [0.5, 0.6) is 0 Å². The maximum atomic E-state index is 9.95. The van der Waals surface area contributed by atoms with Crippen LogP contribution >= 0.6 is 0 Å². The van der Waals surface area contributed by atoms with Gasteiger partial charge in [-0.25, -0.2) is 0 Å². The van der Waals surface area contributed by atoms with Crippen LogP contribution in [0.2, 0.25) is 0 Å². The van der Waals surface area contributed by atoms with Gasteiger partial charge in [0.05, 0.1) is 6.10 Å². The highest BCUT2D eigenvalue weighted by atomic mass is 16.5. The zero-order valence-electron chi connectivity index (χ0n) is 12.2. The molecule has 4 nitrogen and oxygen atoms in total. The van der Waals surface area contributed by atoms with Crippen molar-refractivity contribution in [2.24, 2.45) is 5.41 Å². The highest BCUT2D eigenvalue weighted by Crippen LogP contribution is 2.18.